The third kappa shape index (κ3) is 8.39. The van der Waals surface area contributed by atoms with E-state index in [-0.39, 0.29) is 12.3 Å². The molecular weight excluding hydrogens is 322 g/mol. The molecule has 1 atom stereocenters. The number of hydrazine groups is 1. The van der Waals surface area contributed by atoms with Gasteiger partial charge in [-0.2, -0.15) is 0 Å². The van der Waals surface area contributed by atoms with Crippen LogP contribution in [0.15, 0.2) is 0 Å². The van der Waals surface area contributed by atoms with Gasteiger partial charge in [0, 0.05) is 26.2 Å². The van der Waals surface area contributed by atoms with Crippen LogP contribution >= 0.6 is 0 Å². The fourth-order valence-corrected chi connectivity index (χ4v) is 3.92. The van der Waals surface area contributed by atoms with Crippen LogP contribution in [-0.2, 0) is 14.6 Å². The van der Waals surface area contributed by atoms with Gasteiger partial charge >= 0.3 is 0 Å². The average molecular weight is 353 g/mol. The van der Waals surface area contributed by atoms with Crippen molar-refractivity contribution in [1.29, 1.82) is 0 Å². The highest BCUT2D eigenvalue weighted by atomic mass is 32.2. The Kier molecular flexibility index (Phi) is 10.2. The summed E-state index contributed by atoms with van der Waals surface area (Å²) >= 11 is 0. The van der Waals surface area contributed by atoms with Gasteiger partial charge in [0.1, 0.15) is 0 Å². The van der Waals surface area contributed by atoms with Crippen LogP contribution in [0.3, 0.4) is 0 Å². The number of sulfone groups is 1. The van der Waals surface area contributed by atoms with Crippen molar-refractivity contribution < 1.29 is 23.6 Å². The topological polar surface area (TPSA) is 102 Å². The number of nitrogens with zero attached hydrogens (tertiary/aromatic N) is 2. The van der Waals surface area contributed by atoms with E-state index in [4.69, 9.17) is 4.74 Å². The largest absolute Gasteiger partial charge is 0.360 e. The Labute approximate surface area is 139 Å². The molecule has 0 bridgehead atoms. The number of hydrogen-bond acceptors (Lipinski definition) is 8. The van der Waals surface area contributed by atoms with Crippen molar-refractivity contribution in [2.45, 2.75) is 50.9 Å². The number of rotatable bonds is 12. The predicted octanol–water partition coefficient (Wildman–Crippen LogP) is 1.01. The first-order valence-electron chi connectivity index (χ1n) is 8.44. The van der Waals surface area contributed by atoms with Crippen LogP contribution in [0.4, 0.5) is 0 Å². The number of morpholine rings is 1. The summed E-state index contributed by atoms with van der Waals surface area (Å²) in [6.45, 7) is 4.21. The molecule has 0 aromatic carbocycles. The molecule has 0 aromatic rings. The SMILES string of the molecule is CCCCCN(O)N(O)CCCCCS(=O)(=O)C1CNCCO1. The quantitative estimate of drug-likeness (QED) is 0.353. The molecule has 0 aliphatic carbocycles. The molecule has 1 fully saturated rings. The average Bonchev–Trinajstić information content (AvgIpc) is 2.55. The summed E-state index contributed by atoms with van der Waals surface area (Å²) in [5.41, 5.74) is -0.739. The lowest BCUT2D eigenvalue weighted by Gasteiger charge is -2.24. The van der Waals surface area contributed by atoms with E-state index in [1.165, 1.54) is 0 Å². The Morgan fingerprint density at radius 1 is 1.09 bits per heavy atom. The normalized spacial score (nSPS) is 19.6. The maximum absolute atomic E-state index is 12.1. The Morgan fingerprint density at radius 3 is 2.30 bits per heavy atom. The lowest BCUT2D eigenvalue weighted by atomic mass is 10.2. The summed E-state index contributed by atoms with van der Waals surface area (Å²) in [7, 11) is -3.24. The zero-order valence-corrected chi connectivity index (χ0v) is 14.8. The lowest BCUT2D eigenvalue weighted by molar-refractivity contribution is -0.367. The zero-order valence-electron chi connectivity index (χ0n) is 14.0. The van der Waals surface area contributed by atoms with Crippen molar-refractivity contribution in [3.8, 4) is 0 Å². The van der Waals surface area contributed by atoms with Crippen LogP contribution in [0.25, 0.3) is 0 Å². The first-order chi connectivity index (χ1) is 11.0. The van der Waals surface area contributed by atoms with Crippen LogP contribution in [0, 0.1) is 0 Å². The van der Waals surface area contributed by atoms with Crippen molar-refractivity contribution >= 4 is 9.84 Å². The van der Waals surface area contributed by atoms with Gasteiger partial charge in [-0.15, -0.1) is 10.3 Å². The van der Waals surface area contributed by atoms with E-state index in [9.17, 15) is 18.8 Å². The second-order valence-corrected chi connectivity index (χ2v) is 8.09. The first kappa shape index (κ1) is 20.8. The molecule has 1 heterocycles. The second-order valence-electron chi connectivity index (χ2n) is 5.83. The Morgan fingerprint density at radius 2 is 1.74 bits per heavy atom. The molecule has 138 valence electrons. The summed E-state index contributed by atoms with van der Waals surface area (Å²) in [6.07, 6.45) is 4.67. The second kappa shape index (κ2) is 11.3. The molecule has 1 unspecified atom stereocenters. The number of unbranched alkanes of at least 4 members (excludes halogenated alkanes) is 4. The molecule has 9 heteroatoms. The number of hydroxylamine groups is 2. The minimum atomic E-state index is -3.24. The van der Waals surface area contributed by atoms with Crippen molar-refractivity contribution in [2.24, 2.45) is 0 Å². The highest BCUT2D eigenvalue weighted by molar-refractivity contribution is 7.91. The van der Waals surface area contributed by atoms with Crippen LogP contribution < -0.4 is 5.32 Å². The Bertz CT molecular complexity index is 401. The maximum Gasteiger partial charge on any atom is 0.178 e. The number of nitrogens with one attached hydrogen (secondary N) is 1. The number of hydrogen-bond donors (Lipinski definition) is 3. The van der Waals surface area contributed by atoms with Gasteiger partial charge in [0.05, 0.1) is 12.4 Å². The Balaban J connectivity index is 2.12. The van der Waals surface area contributed by atoms with Gasteiger partial charge in [0.2, 0.25) is 0 Å². The highest BCUT2D eigenvalue weighted by Gasteiger charge is 2.27. The van der Waals surface area contributed by atoms with E-state index in [0.717, 1.165) is 29.6 Å². The standard InChI is InChI=1S/C14H31N3O5S/c1-2-3-5-9-16(18)17(19)10-6-4-7-12-23(20,21)14-13-15-8-11-22-14/h14-15,18-19H,2-13H2,1H3. The molecule has 3 N–H and O–H groups in total. The molecule has 1 aliphatic rings. The molecule has 1 rings (SSSR count). The van der Waals surface area contributed by atoms with E-state index in [1.54, 1.807) is 0 Å². The van der Waals surface area contributed by atoms with Gasteiger partial charge < -0.3 is 10.1 Å². The molecule has 0 amide bonds. The zero-order chi connectivity index (χ0) is 17.1. The summed E-state index contributed by atoms with van der Waals surface area (Å²) in [5.74, 6) is 0.0874. The van der Waals surface area contributed by atoms with E-state index in [2.05, 4.69) is 12.2 Å². The molecule has 0 aromatic heterocycles. The highest BCUT2D eigenvalue weighted by Crippen LogP contribution is 2.10. The van der Waals surface area contributed by atoms with Crippen molar-refractivity contribution in [1.82, 2.24) is 15.7 Å². The predicted molar refractivity (Wildman–Crippen MR) is 86.8 cm³/mol. The molecule has 0 radical (unpaired) electrons. The molecule has 1 aliphatic heterocycles. The molecule has 23 heavy (non-hydrogen) atoms. The number of ether oxygens (including phenoxy) is 1. The van der Waals surface area contributed by atoms with E-state index in [0.29, 0.717) is 45.5 Å². The minimum Gasteiger partial charge on any atom is -0.360 e. The van der Waals surface area contributed by atoms with Gasteiger partial charge in [0.15, 0.2) is 15.3 Å². The van der Waals surface area contributed by atoms with Gasteiger partial charge in [-0.05, 0) is 19.3 Å². The maximum atomic E-state index is 12.1. The fourth-order valence-electron chi connectivity index (χ4n) is 2.37. The van der Waals surface area contributed by atoms with Crippen molar-refractivity contribution in [2.75, 3.05) is 38.5 Å². The lowest BCUT2D eigenvalue weighted by Crippen LogP contribution is -2.43. The fraction of sp³-hybridized carbons (Fsp3) is 1.00. The summed E-state index contributed by atoms with van der Waals surface area (Å²) in [4.78, 5) is 0. The Hall–Kier alpha value is -0.290. The molecule has 1 saturated heterocycles. The van der Waals surface area contributed by atoms with Gasteiger partial charge in [0.25, 0.3) is 0 Å². The third-order valence-corrected chi connectivity index (χ3v) is 5.77. The molecular formula is C14H31N3O5S. The first-order valence-corrected chi connectivity index (χ1v) is 10.2. The van der Waals surface area contributed by atoms with Crippen molar-refractivity contribution in [3.63, 3.8) is 0 Å². The van der Waals surface area contributed by atoms with E-state index < -0.39 is 15.3 Å². The van der Waals surface area contributed by atoms with Crippen LogP contribution in [-0.4, -0.2) is 73.2 Å². The van der Waals surface area contributed by atoms with Gasteiger partial charge in [-0.3, -0.25) is 10.4 Å². The minimum absolute atomic E-state index is 0.0874. The molecule has 0 saturated carbocycles. The van der Waals surface area contributed by atoms with Gasteiger partial charge in [-0.25, -0.2) is 8.42 Å². The summed E-state index contributed by atoms with van der Waals surface area (Å²) in [6, 6.07) is 0. The summed E-state index contributed by atoms with van der Waals surface area (Å²) in [5, 5.41) is 23.9. The van der Waals surface area contributed by atoms with Crippen LogP contribution in [0.2, 0.25) is 0 Å². The third-order valence-electron chi connectivity index (χ3n) is 3.81. The monoisotopic (exact) mass is 353 g/mol. The van der Waals surface area contributed by atoms with E-state index in [1.807, 2.05) is 0 Å². The smallest absolute Gasteiger partial charge is 0.178 e. The molecule has 0 spiro atoms. The van der Waals surface area contributed by atoms with Crippen LogP contribution in [0.1, 0.15) is 45.4 Å². The summed E-state index contributed by atoms with van der Waals surface area (Å²) < 4.78 is 29.4. The van der Waals surface area contributed by atoms with Crippen LogP contribution in [0.5, 0.6) is 0 Å². The van der Waals surface area contributed by atoms with Gasteiger partial charge in [-0.1, -0.05) is 26.2 Å². The van der Waals surface area contributed by atoms with E-state index >= 15 is 0 Å². The molecule has 8 nitrogen and oxygen atoms in total. The van der Waals surface area contributed by atoms with Crippen molar-refractivity contribution in [3.05, 3.63) is 0 Å².